The summed E-state index contributed by atoms with van der Waals surface area (Å²) in [5.41, 5.74) is 6.57. The van der Waals surface area contributed by atoms with E-state index in [0.717, 1.165) is 6.42 Å². The molecule has 148 valence electrons. The lowest BCUT2D eigenvalue weighted by Gasteiger charge is -2.24. The fourth-order valence-electron chi connectivity index (χ4n) is 5.02. The van der Waals surface area contributed by atoms with Crippen molar-refractivity contribution >= 4 is 17.2 Å². The van der Waals surface area contributed by atoms with Crippen molar-refractivity contribution in [1.29, 1.82) is 0 Å². The van der Waals surface area contributed by atoms with Crippen molar-refractivity contribution in [1.82, 2.24) is 0 Å². The number of allylic oxidation sites excluding steroid dienone is 2. The molecule has 1 fully saturated rings. The van der Waals surface area contributed by atoms with Crippen LogP contribution in [0, 0.1) is 5.41 Å². The van der Waals surface area contributed by atoms with E-state index in [1.807, 2.05) is 0 Å². The van der Waals surface area contributed by atoms with E-state index in [4.69, 9.17) is 0 Å². The largest absolute Gasteiger partial charge is 0.0658 e. The predicted octanol–water partition coefficient (Wildman–Crippen LogP) is 6.62. The highest BCUT2D eigenvalue weighted by Crippen LogP contribution is 2.68. The molecule has 2 aromatic rings. The maximum absolute atomic E-state index is 2.47. The molecule has 0 bridgehead atoms. The Kier molecular flexibility index (Phi) is 5.98. The molecule has 1 aliphatic rings. The van der Waals surface area contributed by atoms with E-state index in [1.165, 1.54) is 46.4 Å². The molecular weight excluding hydrogens is 336 g/mol. The zero-order valence-electron chi connectivity index (χ0n) is 18.6. The first kappa shape index (κ1) is 20.6. The van der Waals surface area contributed by atoms with Crippen molar-refractivity contribution in [3.8, 4) is 0 Å². The first-order chi connectivity index (χ1) is 13.4. The summed E-state index contributed by atoms with van der Waals surface area (Å²) in [5, 5.41) is 2.68. The fraction of sp³-hybridized carbons (Fsp3) is 0.429. The molecule has 2 aromatic carbocycles. The smallest absolute Gasteiger partial charge is 0.00159 e. The molecule has 0 spiro atoms. The Hall–Kier alpha value is -2.08. The zero-order valence-corrected chi connectivity index (χ0v) is 18.6. The second-order valence-corrected chi connectivity index (χ2v) is 8.81. The molecule has 0 N–H and O–H groups in total. The Bertz CT molecular complexity index is 991. The van der Waals surface area contributed by atoms with Gasteiger partial charge in [0.15, 0.2) is 0 Å². The maximum atomic E-state index is 2.47. The molecule has 0 heterocycles. The molecule has 0 radical (unpaired) electrons. The third kappa shape index (κ3) is 3.50. The third-order valence-electron chi connectivity index (χ3n) is 7.44. The normalized spacial score (nSPS) is 26.4. The molecule has 0 aliphatic heterocycles. The fourth-order valence-corrected chi connectivity index (χ4v) is 5.02. The van der Waals surface area contributed by atoms with Gasteiger partial charge in [0, 0.05) is 5.41 Å². The van der Waals surface area contributed by atoms with Gasteiger partial charge in [0.2, 0.25) is 0 Å². The molecule has 0 nitrogen and oxygen atoms in total. The van der Waals surface area contributed by atoms with Crippen LogP contribution in [0.15, 0.2) is 54.6 Å². The van der Waals surface area contributed by atoms with Crippen LogP contribution in [0.2, 0.25) is 0 Å². The highest BCUT2D eigenvalue weighted by atomic mass is 14.7. The number of rotatable bonds is 6. The van der Waals surface area contributed by atoms with Gasteiger partial charge in [0.25, 0.3) is 0 Å². The first-order valence-electron chi connectivity index (χ1n) is 11.0. The molecule has 1 saturated carbocycles. The van der Waals surface area contributed by atoms with Crippen molar-refractivity contribution in [2.75, 3.05) is 0 Å². The molecular formula is C28H36. The van der Waals surface area contributed by atoms with Gasteiger partial charge in [-0.15, -0.1) is 0 Å². The van der Waals surface area contributed by atoms with E-state index < -0.39 is 0 Å². The minimum Gasteiger partial charge on any atom is -0.0658 e. The Morgan fingerprint density at radius 2 is 1.61 bits per heavy atom. The number of hydrogen-bond acceptors (Lipinski definition) is 0. The van der Waals surface area contributed by atoms with Gasteiger partial charge >= 0.3 is 0 Å². The van der Waals surface area contributed by atoms with Crippen molar-refractivity contribution in [2.45, 2.75) is 72.6 Å². The number of hydrogen-bond donors (Lipinski definition) is 0. The number of benzene rings is 2. The highest BCUT2D eigenvalue weighted by molar-refractivity contribution is 5.73. The lowest BCUT2D eigenvalue weighted by Crippen LogP contribution is -2.25. The molecule has 2 unspecified atom stereocenters. The van der Waals surface area contributed by atoms with Crippen LogP contribution in [0.1, 0.15) is 78.4 Å². The molecule has 0 heteroatoms. The quantitative estimate of drug-likeness (QED) is 0.534. The summed E-state index contributed by atoms with van der Waals surface area (Å²) in [7, 11) is 0. The monoisotopic (exact) mass is 372 g/mol. The van der Waals surface area contributed by atoms with Crippen LogP contribution in [0.4, 0.5) is 0 Å². The summed E-state index contributed by atoms with van der Waals surface area (Å²) >= 11 is 0. The van der Waals surface area contributed by atoms with Gasteiger partial charge in [-0.2, -0.15) is 0 Å². The Morgan fingerprint density at radius 3 is 2.25 bits per heavy atom. The second-order valence-electron chi connectivity index (χ2n) is 8.81. The Balaban J connectivity index is 2.09. The average molecular weight is 373 g/mol. The molecule has 0 saturated heterocycles. The van der Waals surface area contributed by atoms with E-state index in [-0.39, 0.29) is 0 Å². The first-order valence-corrected chi connectivity index (χ1v) is 11.0. The van der Waals surface area contributed by atoms with Crippen molar-refractivity contribution < 1.29 is 0 Å². The van der Waals surface area contributed by atoms with Gasteiger partial charge in [-0.3, -0.25) is 0 Å². The van der Waals surface area contributed by atoms with Crippen LogP contribution in [-0.4, -0.2) is 0 Å². The van der Waals surface area contributed by atoms with Crippen LogP contribution >= 0.6 is 0 Å². The topological polar surface area (TPSA) is 0 Å². The van der Waals surface area contributed by atoms with Crippen molar-refractivity contribution in [2.24, 2.45) is 5.41 Å². The lowest BCUT2D eigenvalue weighted by molar-refractivity contribution is 0.429. The van der Waals surface area contributed by atoms with E-state index in [9.17, 15) is 0 Å². The van der Waals surface area contributed by atoms with Crippen molar-refractivity contribution in [3.63, 3.8) is 0 Å². The summed E-state index contributed by atoms with van der Waals surface area (Å²) in [6.07, 6.45) is 9.49. The van der Waals surface area contributed by atoms with Crippen LogP contribution in [-0.2, 0) is 5.41 Å². The van der Waals surface area contributed by atoms with Crippen LogP contribution in [0.25, 0.3) is 17.2 Å². The van der Waals surface area contributed by atoms with Gasteiger partial charge in [-0.25, -0.2) is 0 Å². The molecule has 3 rings (SSSR count). The summed E-state index contributed by atoms with van der Waals surface area (Å²) in [4.78, 5) is 0. The zero-order chi connectivity index (χ0) is 20.4. The minimum atomic E-state index is 0.345. The van der Waals surface area contributed by atoms with E-state index in [1.54, 1.807) is 5.56 Å². The van der Waals surface area contributed by atoms with Crippen LogP contribution < -0.4 is 10.4 Å². The van der Waals surface area contributed by atoms with Crippen LogP contribution in [0.5, 0.6) is 0 Å². The summed E-state index contributed by atoms with van der Waals surface area (Å²) in [5.74, 6) is 0. The lowest BCUT2D eigenvalue weighted by atomic mass is 9.80. The standard InChI is InChI=1S/C28H36/c1-7-21(4)24-15-11-10-14-23(24)19-18-22(5)25-16-12-13-17-26(25)28(9-3)20-27(28,6)8-2/h10-19H,7-9,20H2,1-6H3/b22-18+,23-19-,24-21?. The van der Waals surface area contributed by atoms with Crippen LogP contribution in [0.3, 0.4) is 0 Å². The van der Waals surface area contributed by atoms with E-state index in [2.05, 4.69) is 102 Å². The van der Waals surface area contributed by atoms with Gasteiger partial charge in [-0.05, 0) is 72.1 Å². The second kappa shape index (κ2) is 8.11. The molecule has 0 aromatic heterocycles. The minimum absolute atomic E-state index is 0.345. The van der Waals surface area contributed by atoms with Gasteiger partial charge < -0.3 is 0 Å². The van der Waals surface area contributed by atoms with Crippen molar-refractivity contribution in [3.05, 3.63) is 76.2 Å². The molecule has 28 heavy (non-hydrogen) atoms. The van der Waals surface area contributed by atoms with Gasteiger partial charge in [-0.1, -0.05) is 94.0 Å². The van der Waals surface area contributed by atoms with Gasteiger partial charge in [0.1, 0.15) is 0 Å². The highest BCUT2D eigenvalue weighted by Gasteiger charge is 2.62. The molecule has 1 aliphatic carbocycles. The van der Waals surface area contributed by atoms with Gasteiger partial charge in [0.05, 0.1) is 0 Å². The predicted molar refractivity (Wildman–Crippen MR) is 125 cm³/mol. The molecule has 0 amide bonds. The summed E-state index contributed by atoms with van der Waals surface area (Å²) in [6.45, 7) is 13.9. The van der Waals surface area contributed by atoms with E-state index in [0.29, 0.717) is 10.8 Å². The molecule has 2 atom stereocenters. The maximum Gasteiger partial charge on any atom is 0.00159 e. The third-order valence-corrected chi connectivity index (χ3v) is 7.44. The summed E-state index contributed by atoms with van der Waals surface area (Å²) in [6, 6.07) is 17.8. The SMILES string of the molecule is CCC(C)=c1cccc/c1=C/C=C(\C)c1ccccc1C1(CC)CC1(C)CC. The Labute approximate surface area is 171 Å². The average Bonchev–Trinajstić information content (AvgIpc) is 3.38. The Morgan fingerprint density at radius 1 is 0.929 bits per heavy atom. The van der Waals surface area contributed by atoms with E-state index >= 15 is 0 Å². The summed E-state index contributed by atoms with van der Waals surface area (Å²) < 4.78 is 0.